The summed E-state index contributed by atoms with van der Waals surface area (Å²) in [6.07, 6.45) is 2.79. The van der Waals surface area contributed by atoms with Gasteiger partial charge in [-0.05, 0) is 18.4 Å². The Morgan fingerprint density at radius 2 is 1.86 bits per heavy atom. The van der Waals surface area contributed by atoms with E-state index < -0.39 is 0 Å². The summed E-state index contributed by atoms with van der Waals surface area (Å²) in [6.45, 7) is 15.4. The van der Waals surface area contributed by atoms with Crippen molar-refractivity contribution in [2.24, 2.45) is 5.41 Å². The Morgan fingerprint density at radius 3 is 2.48 bits per heavy atom. The molecule has 5 nitrogen and oxygen atoms in total. The average Bonchev–Trinajstić information content (AvgIpc) is 2.46. The zero-order valence-electron chi connectivity index (χ0n) is 13.9. The molecule has 21 heavy (non-hydrogen) atoms. The van der Waals surface area contributed by atoms with Crippen LogP contribution in [0.3, 0.4) is 0 Å². The maximum Gasteiger partial charge on any atom is 0.134 e. The number of anilines is 2. The molecule has 2 rings (SSSR count). The molecule has 1 aliphatic heterocycles. The molecule has 0 unspecified atom stereocenters. The molecule has 5 heteroatoms. The van der Waals surface area contributed by atoms with Gasteiger partial charge in [-0.25, -0.2) is 9.97 Å². The molecule has 1 aromatic heterocycles. The van der Waals surface area contributed by atoms with E-state index in [1.807, 2.05) is 0 Å². The van der Waals surface area contributed by atoms with Gasteiger partial charge in [0.05, 0.1) is 0 Å². The van der Waals surface area contributed by atoms with E-state index in [4.69, 9.17) is 0 Å². The summed E-state index contributed by atoms with van der Waals surface area (Å²) in [5.41, 5.74) is 0.347. The standard InChI is InChI=1S/C16H29N5/c1-5-20-8-10-21(11-9-20)15-12-14(18-13-19-15)17-7-6-16(2,3)4/h12-13H,5-11H2,1-4H3,(H,17,18,19). The molecule has 0 amide bonds. The smallest absolute Gasteiger partial charge is 0.134 e. The Balaban J connectivity index is 1.89. The zero-order chi connectivity index (χ0) is 15.3. The number of aromatic nitrogens is 2. The van der Waals surface area contributed by atoms with Gasteiger partial charge in [0.15, 0.2) is 0 Å². The first-order valence-corrected chi connectivity index (χ1v) is 8.01. The maximum absolute atomic E-state index is 4.43. The molecular weight excluding hydrogens is 262 g/mol. The number of hydrogen-bond donors (Lipinski definition) is 1. The molecule has 1 fully saturated rings. The molecule has 1 aromatic rings. The first-order valence-electron chi connectivity index (χ1n) is 8.01. The van der Waals surface area contributed by atoms with Crippen LogP contribution in [0.5, 0.6) is 0 Å². The van der Waals surface area contributed by atoms with Gasteiger partial charge in [-0.2, -0.15) is 0 Å². The quantitative estimate of drug-likeness (QED) is 0.903. The lowest BCUT2D eigenvalue weighted by Crippen LogP contribution is -2.46. The molecule has 0 atom stereocenters. The minimum atomic E-state index is 0.347. The van der Waals surface area contributed by atoms with Gasteiger partial charge in [0.1, 0.15) is 18.0 Å². The summed E-state index contributed by atoms with van der Waals surface area (Å²) in [5, 5.41) is 3.41. The van der Waals surface area contributed by atoms with Gasteiger partial charge >= 0.3 is 0 Å². The summed E-state index contributed by atoms with van der Waals surface area (Å²) < 4.78 is 0. The normalized spacial score (nSPS) is 17.0. The third-order valence-corrected chi connectivity index (χ3v) is 3.98. The SMILES string of the molecule is CCN1CCN(c2cc(NCCC(C)(C)C)ncn2)CC1. The van der Waals surface area contributed by atoms with Gasteiger partial charge in [0.2, 0.25) is 0 Å². The number of nitrogens with zero attached hydrogens (tertiary/aromatic N) is 4. The van der Waals surface area contributed by atoms with Crippen LogP contribution in [0.1, 0.15) is 34.1 Å². The highest BCUT2D eigenvalue weighted by Gasteiger charge is 2.17. The Bertz CT molecular complexity index is 433. The largest absolute Gasteiger partial charge is 0.370 e. The van der Waals surface area contributed by atoms with Crippen LogP contribution in [-0.4, -0.2) is 54.1 Å². The van der Waals surface area contributed by atoms with Crippen molar-refractivity contribution in [2.75, 3.05) is 49.5 Å². The van der Waals surface area contributed by atoms with E-state index in [0.717, 1.165) is 57.3 Å². The van der Waals surface area contributed by atoms with Crippen molar-refractivity contribution in [3.63, 3.8) is 0 Å². The summed E-state index contributed by atoms with van der Waals surface area (Å²) in [6, 6.07) is 2.07. The summed E-state index contributed by atoms with van der Waals surface area (Å²) in [4.78, 5) is 13.6. The van der Waals surface area contributed by atoms with E-state index in [1.54, 1.807) is 6.33 Å². The lowest BCUT2D eigenvalue weighted by Gasteiger charge is -2.34. The molecular formula is C16H29N5. The van der Waals surface area contributed by atoms with Crippen molar-refractivity contribution < 1.29 is 0 Å². The molecule has 0 spiro atoms. The number of rotatable bonds is 5. The fraction of sp³-hybridized carbons (Fsp3) is 0.750. The second-order valence-corrected chi connectivity index (χ2v) is 6.92. The van der Waals surface area contributed by atoms with Gasteiger partial charge < -0.3 is 15.1 Å². The Hall–Kier alpha value is -1.36. The third-order valence-electron chi connectivity index (χ3n) is 3.98. The van der Waals surface area contributed by atoms with Crippen molar-refractivity contribution >= 4 is 11.6 Å². The molecule has 0 radical (unpaired) electrons. The lowest BCUT2D eigenvalue weighted by atomic mass is 9.92. The Morgan fingerprint density at radius 1 is 1.14 bits per heavy atom. The molecule has 0 aromatic carbocycles. The highest BCUT2D eigenvalue weighted by molar-refractivity contribution is 5.48. The predicted octanol–water partition coefficient (Wildman–Crippen LogP) is 2.47. The van der Waals surface area contributed by atoms with Crippen LogP contribution < -0.4 is 10.2 Å². The van der Waals surface area contributed by atoms with Crippen molar-refractivity contribution in [3.05, 3.63) is 12.4 Å². The fourth-order valence-electron chi connectivity index (χ4n) is 2.48. The van der Waals surface area contributed by atoms with Gasteiger partial charge in [-0.15, -0.1) is 0 Å². The molecule has 0 aliphatic carbocycles. The molecule has 1 saturated heterocycles. The van der Waals surface area contributed by atoms with Crippen molar-refractivity contribution in [2.45, 2.75) is 34.1 Å². The van der Waals surface area contributed by atoms with Crippen LogP contribution in [0.4, 0.5) is 11.6 Å². The summed E-state index contributed by atoms with van der Waals surface area (Å²) >= 11 is 0. The number of likely N-dealkylation sites (N-methyl/N-ethyl adjacent to an activating group) is 1. The molecule has 0 bridgehead atoms. The van der Waals surface area contributed by atoms with Crippen LogP contribution in [0.15, 0.2) is 12.4 Å². The monoisotopic (exact) mass is 291 g/mol. The first-order chi connectivity index (χ1) is 9.98. The van der Waals surface area contributed by atoms with Crippen molar-refractivity contribution in [1.82, 2.24) is 14.9 Å². The number of nitrogens with one attached hydrogen (secondary N) is 1. The minimum absolute atomic E-state index is 0.347. The van der Waals surface area contributed by atoms with E-state index in [2.05, 4.69) is 58.8 Å². The van der Waals surface area contributed by atoms with Gasteiger partial charge in [0.25, 0.3) is 0 Å². The third kappa shape index (κ3) is 5.16. The van der Waals surface area contributed by atoms with Gasteiger partial charge in [0, 0.05) is 38.8 Å². The summed E-state index contributed by atoms with van der Waals surface area (Å²) in [5.74, 6) is 1.97. The second kappa shape index (κ2) is 7.07. The number of piperazine rings is 1. The van der Waals surface area contributed by atoms with Crippen LogP contribution >= 0.6 is 0 Å². The maximum atomic E-state index is 4.43. The minimum Gasteiger partial charge on any atom is -0.370 e. The average molecular weight is 291 g/mol. The van der Waals surface area contributed by atoms with Crippen LogP contribution in [-0.2, 0) is 0 Å². The topological polar surface area (TPSA) is 44.3 Å². The second-order valence-electron chi connectivity index (χ2n) is 6.92. The van der Waals surface area contributed by atoms with E-state index in [1.165, 1.54) is 0 Å². The van der Waals surface area contributed by atoms with E-state index in [9.17, 15) is 0 Å². The zero-order valence-corrected chi connectivity index (χ0v) is 13.9. The molecule has 1 N–H and O–H groups in total. The number of hydrogen-bond acceptors (Lipinski definition) is 5. The molecule has 1 aliphatic rings. The first kappa shape index (κ1) is 16.0. The Labute approximate surface area is 128 Å². The van der Waals surface area contributed by atoms with Crippen LogP contribution in [0, 0.1) is 5.41 Å². The van der Waals surface area contributed by atoms with Crippen molar-refractivity contribution in [3.8, 4) is 0 Å². The van der Waals surface area contributed by atoms with Crippen LogP contribution in [0.25, 0.3) is 0 Å². The van der Waals surface area contributed by atoms with E-state index in [0.29, 0.717) is 5.41 Å². The highest BCUT2D eigenvalue weighted by atomic mass is 15.3. The molecule has 118 valence electrons. The van der Waals surface area contributed by atoms with E-state index in [-0.39, 0.29) is 0 Å². The van der Waals surface area contributed by atoms with Crippen molar-refractivity contribution in [1.29, 1.82) is 0 Å². The summed E-state index contributed by atoms with van der Waals surface area (Å²) in [7, 11) is 0. The highest BCUT2D eigenvalue weighted by Crippen LogP contribution is 2.19. The fourth-order valence-corrected chi connectivity index (χ4v) is 2.48. The van der Waals surface area contributed by atoms with Gasteiger partial charge in [-0.1, -0.05) is 27.7 Å². The molecule has 2 heterocycles. The lowest BCUT2D eigenvalue weighted by molar-refractivity contribution is 0.270. The molecule has 0 saturated carbocycles. The van der Waals surface area contributed by atoms with Crippen LogP contribution in [0.2, 0.25) is 0 Å². The Kier molecular flexibility index (Phi) is 5.39. The predicted molar refractivity (Wildman–Crippen MR) is 88.9 cm³/mol. The van der Waals surface area contributed by atoms with Gasteiger partial charge in [-0.3, -0.25) is 0 Å². The van der Waals surface area contributed by atoms with E-state index >= 15 is 0 Å².